The van der Waals surface area contributed by atoms with Crippen molar-refractivity contribution < 1.29 is 10.2 Å². The van der Waals surface area contributed by atoms with Crippen molar-refractivity contribution >= 4 is 12.4 Å². The van der Waals surface area contributed by atoms with Crippen LogP contribution in [0.2, 0.25) is 0 Å². The zero-order chi connectivity index (χ0) is 35.0. The van der Waals surface area contributed by atoms with Gasteiger partial charge in [-0.15, -0.1) is 0 Å². The lowest BCUT2D eigenvalue weighted by Crippen LogP contribution is -2.45. The van der Waals surface area contributed by atoms with Crippen molar-refractivity contribution in [3.63, 3.8) is 0 Å². The van der Waals surface area contributed by atoms with Crippen molar-refractivity contribution in [3.05, 3.63) is 57.6 Å². The summed E-state index contributed by atoms with van der Waals surface area (Å²) in [6.07, 6.45) is 24.6. The molecule has 0 heterocycles. The Morgan fingerprint density at radius 2 is 1.00 bits per heavy atom. The van der Waals surface area contributed by atoms with Crippen LogP contribution in [0, 0.1) is 66.1 Å². The van der Waals surface area contributed by atoms with Gasteiger partial charge in [-0.05, 0) is 196 Å². The molecule has 51 heavy (non-hydrogen) atoms. The molecule has 9 saturated carbocycles. The third-order valence-corrected chi connectivity index (χ3v) is 15.7. The van der Waals surface area contributed by atoms with Crippen molar-refractivity contribution in [2.75, 3.05) is 0 Å². The predicted octanol–water partition coefficient (Wildman–Crippen LogP) is 10.8. The van der Waals surface area contributed by atoms with Crippen LogP contribution in [0.25, 0.3) is 0 Å². The SMILES string of the molecule is Cc1cc(C=NC2CCCCC2N=Cc2cc(C(C)(C)C)cc(CC3C4CC5CC(C4)CC3C5)c2O)c(O)c(CC2C3CC4CC(C3)CC2C4)c1. The Bertz CT molecular complexity index is 1620. The zero-order valence-electron chi connectivity index (χ0n) is 32.0. The van der Waals surface area contributed by atoms with Crippen LogP contribution in [-0.4, -0.2) is 34.7 Å². The van der Waals surface area contributed by atoms with E-state index in [-0.39, 0.29) is 17.5 Å². The van der Waals surface area contributed by atoms with Crippen LogP contribution in [0.1, 0.15) is 144 Å². The lowest BCUT2D eigenvalue weighted by molar-refractivity contribution is -0.0362. The molecule has 2 unspecified atom stereocenters. The van der Waals surface area contributed by atoms with Crippen LogP contribution in [0.5, 0.6) is 11.5 Å². The summed E-state index contributed by atoms with van der Waals surface area (Å²) < 4.78 is 0. The first-order valence-electron chi connectivity index (χ1n) is 21.3. The van der Waals surface area contributed by atoms with E-state index >= 15 is 0 Å². The van der Waals surface area contributed by atoms with Crippen molar-refractivity contribution in [2.45, 2.75) is 148 Å². The van der Waals surface area contributed by atoms with Gasteiger partial charge in [0.05, 0.1) is 12.1 Å². The van der Waals surface area contributed by atoms with E-state index in [0.717, 1.165) is 114 Å². The second-order valence-corrected chi connectivity index (χ2v) is 20.3. The van der Waals surface area contributed by atoms with Crippen LogP contribution in [0.15, 0.2) is 34.3 Å². The van der Waals surface area contributed by atoms with Gasteiger partial charge in [-0.3, -0.25) is 9.98 Å². The van der Waals surface area contributed by atoms with Crippen LogP contribution < -0.4 is 0 Å². The molecule has 2 atom stereocenters. The summed E-state index contributed by atoms with van der Waals surface area (Å²) in [7, 11) is 0. The highest BCUT2D eigenvalue weighted by Crippen LogP contribution is 2.59. The first kappa shape index (κ1) is 34.2. The number of aliphatic imine (C=N–C) groups is 2. The molecule has 0 saturated heterocycles. The van der Waals surface area contributed by atoms with Crippen molar-refractivity contribution in [1.29, 1.82) is 0 Å². The molecule has 2 aromatic carbocycles. The molecule has 0 aliphatic heterocycles. The van der Waals surface area contributed by atoms with Crippen LogP contribution in [0.4, 0.5) is 0 Å². The number of nitrogens with zero attached hydrogens (tertiary/aromatic N) is 2. The van der Waals surface area contributed by atoms with Crippen LogP contribution >= 0.6 is 0 Å². The van der Waals surface area contributed by atoms with E-state index in [1.807, 2.05) is 12.4 Å². The fourth-order valence-corrected chi connectivity index (χ4v) is 13.6. The van der Waals surface area contributed by atoms with Gasteiger partial charge in [0.2, 0.25) is 0 Å². The fourth-order valence-electron chi connectivity index (χ4n) is 13.6. The maximum absolute atomic E-state index is 11.8. The number of benzene rings is 2. The average molecular weight is 689 g/mol. The van der Waals surface area contributed by atoms with Gasteiger partial charge >= 0.3 is 0 Å². The standard InChI is InChI=1S/C47H64N2O2/c1-27-9-36(23-41-32-13-28-11-29(15-32)16-33(41)14-28)45(50)38(10-27)25-48-43-7-5-6-8-44(43)49-26-39-22-40(47(2,3)4)21-37(46(39)51)24-42-34-17-30-12-31(19-34)20-35(42)18-30/h9-10,21-22,25-26,28-35,41-44,50-51H,5-8,11-20,23-24H2,1-4H3. The lowest BCUT2D eigenvalue weighted by atomic mass is 9.51. The monoisotopic (exact) mass is 688 g/mol. The van der Waals surface area contributed by atoms with E-state index in [0.29, 0.717) is 17.4 Å². The third-order valence-electron chi connectivity index (χ3n) is 15.7. The van der Waals surface area contributed by atoms with Crippen LogP contribution in [-0.2, 0) is 18.3 Å². The summed E-state index contributed by atoms with van der Waals surface area (Å²) in [5, 5.41) is 23.4. The number of hydrogen-bond donors (Lipinski definition) is 2. The predicted molar refractivity (Wildman–Crippen MR) is 209 cm³/mol. The Morgan fingerprint density at radius 3 is 1.43 bits per heavy atom. The molecule has 0 aromatic heterocycles. The summed E-state index contributed by atoms with van der Waals surface area (Å²) in [6.45, 7) is 9.02. The van der Waals surface area contributed by atoms with Crippen LogP contribution in [0.3, 0.4) is 0 Å². The minimum absolute atomic E-state index is 0.00242. The van der Waals surface area contributed by atoms with E-state index in [1.165, 1.54) is 75.3 Å². The Labute approximate surface area is 308 Å². The Morgan fingerprint density at radius 1 is 0.588 bits per heavy atom. The Kier molecular flexibility index (Phi) is 8.94. The fraction of sp³-hybridized carbons (Fsp3) is 0.702. The minimum Gasteiger partial charge on any atom is -0.507 e. The molecule has 11 rings (SSSR count). The second kappa shape index (κ2) is 13.3. The maximum atomic E-state index is 11.8. The lowest BCUT2D eigenvalue weighted by Gasteiger charge is -2.54. The summed E-state index contributed by atoms with van der Waals surface area (Å²) in [4.78, 5) is 10.4. The van der Waals surface area contributed by atoms with E-state index in [1.54, 1.807) is 0 Å². The molecule has 4 heteroatoms. The third kappa shape index (κ3) is 6.73. The zero-order valence-corrected chi connectivity index (χ0v) is 32.0. The van der Waals surface area contributed by atoms with E-state index in [9.17, 15) is 10.2 Å². The maximum Gasteiger partial charge on any atom is 0.127 e. The number of rotatable bonds is 8. The Hall–Kier alpha value is -2.62. The van der Waals surface area contributed by atoms with Gasteiger partial charge in [-0.1, -0.05) is 45.7 Å². The summed E-state index contributed by atoms with van der Waals surface area (Å²) in [5.41, 5.74) is 6.51. The molecule has 2 N–H and O–H groups in total. The van der Waals surface area contributed by atoms with Crippen molar-refractivity contribution in [1.82, 2.24) is 0 Å². The number of hydrogen-bond acceptors (Lipinski definition) is 4. The van der Waals surface area contributed by atoms with Gasteiger partial charge in [0, 0.05) is 23.6 Å². The molecule has 0 spiro atoms. The molecule has 0 amide bonds. The molecule has 4 nitrogen and oxygen atoms in total. The highest BCUT2D eigenvalue weighted by atomic mass is 16.3. The molecular weight excluding hydrogens is 625 g/mol. The van der Waals surface area contributed by atoms with Crippen molar-refractivity contribution in [3.8, 4) is 11.5 Å². The highest BCUT2D eigenvalue weighted by Gasteiger charge is 2.49. The smallest absolute Gasteiger partial charge is 0.127 e. The molecule has 9 aliphatic carbocycles. The van der Waals surface area contributed by atoms with Gasteiger partial charge in [0.25, 0.3) is 0 Å². The van der Waals surface area contributed by atoms with Gasteiger partial charge in [0.1, 0.15) is 11.5 Å². The normalized spacial score (nSPS) is 38.4. The summed E-state index contributed by atoms with van der Waals surface area (Å²) >= 11 is 0. The molecule has 9 fully saturated rings. The number of phenolic OH excluding ortho intramolecular Hbond substituents is 2. The van der Waals surface area contributed by atoms with Gasteiger partial charge < -0.3 is 10.2 Å². The topological polar surface area (TPSA) is 65.2 Å². The number of aryl methyl sites for hydroxylation is 1. The first-order valence-corrected chi connectivity index (χ1v) is 21.3. The number of phenols is 2. The quantitative estimate of drug-likeness (QED) is 0.271. The molecular formula is C47H64N2O2. The molecule has 274 valence electrons. The average Bonchev–Trinajstić information content (AvgIpc) is 3.08. The number of aromatic hydroxyl groups is 2. The summed E-state index contributed by atoms with van der Waals surface area (Å²) in [5.74, 6) is 9.64. The largest absolute Gasteiger partial charge is 0.507 e. The van der Waals surface area contributed by atoms with Gasteiger partial charge in [0.15, 0.2) is 0 Å². The molecule has 2 aromatic rings. The first-order chi connectivity index (χ1) is 24.5. The van der Waals surface area contributed by atoms with Gasteiger partial charge in [-0.25, -0.2) is 0 Å². The van der Waals surface area contributed by atoms with Crippen molar-refractivity contribution in [2.24, 2.45) is 69.2 Å². The molecule has 9 aliphatic rings. The molecule has 8 bridgehead atoms. The van der Waals surface area contributed by atoms with E-state index < -0.39 is 0 Å². The van der Waals surface area contributed by atoms with Gasteiger partial charge in [-0.2, -0.15) is 0 Å². The summed E-state index contributed by atoms with van der Waals surface area (Å²) in [6, 6.07) is 9.03. The molecule has 0 radical (unpaired) electrons. The highest BCUT2D eigenvalue weighted by molar-refractivity contribution is 5.86. The minimum atomic E-state index is -0.00242. The van der Waals surface area contributed by atoms with E-state index in [2.05, 4.69) is 52.0 Å². The Balaban J connectivity index is 0.935. The second-order valence-electron chi connectivity index (χ2n) is 20.3. The van der Waals surface area contributed by atoms with E-state index in [4.69, 9.17) is 9.98 Å².